The minimum absolute atomic E-state index is 0.197. The van der Waals surface area contributed by atoms with Crippen LogP contribution in [0.15, 0.2) is 54.6 Å². The van der Waals surface area contributed by atoms with Gasteiger partial charge in [0.25, 0.3) is 0 Å². The summed E-state index contributed by atoms with van der Waals surface area (Å²) in [6.45, 7) is 3.39. The summed E-state index contributed by atoms with van der Waals surface area (Å²) >= 11 is 0. The third-order valence-corrected chi connectivity index (χ3v) is 4.92. The Morgan fingerprint density at radius 1 is 1.16 bits per heavy atom. The average Bonchev–Trinajstić information content (AvgIpc) is 3.31. The minimum atomic E-state index is -0.441. The Hall–Kier alpha value is -4.32. The molecule has 0 aliphatic carbocycles. The van der Waals surface area contributed by atoms with E-state index < -0.39 is 11.7 Å². The largest absolute Gasteiger partial charge is 0.309 e. The number of tetrazole rings is 1. The van der Waals surface area contributed by atoms with E-state index in [0.717, 1.165) is 11.3 Å². The lowest BCUT2D eigenvalue weighted by Crippen LogP contribution is -2.22. The molecule has 0 aliphatic rings. The summed E-state index contributed by atoms with van der Waals surface area (Å²) in [6, 6.07) is 17.4. The fourth-order valence-corrected chi connectivity index (χ4v) is 3.31. The van der Waals surface area contributed by atoms with Gasteiger partial charge in [0.05, 0.1) is 11.3 Å². The van der Waals surface area contributed by atoms with Gasteiger partial charge in [-0.05, 0) is 42.8 Å². The molecule has 0 saturated heterocycles. The molecule has 4 aromatic rings. The number of hydrogen-bond acceptors (Lipinski definition) is 5. The summed E-state index contributed by atoms with van der Waals surface area (Å²) < 4.78 is 15.5. The van der Waals surface area contributed by atoms with Gasteiger partial charge in [-0.15, -0.1) is 10.2 Å². The first kappa shape index (κ1) is 20.0. The van der Waals surface area contributed by atoms with Crippen LogP contribution >= 0.6 is 0 Å². The van der Waals surface area contributed by atoms with Gasteiger partial charge in [-0.2, -0.15) is 10.1 Å². The zero-order valence-corrected chi connectivity index (χ0v) is 16.9. The van der Waals surface area contributed by atoms with Gasteiger partial charge in [0.2, 0.25) is 11.7 Å². The quantitative estimate of drug-likeness (QED) is 0.538. The van der Waals surface area contributed by atoms with Crippen LogP contribution < -0.4 is 5.32 Å². The van der Waals surface area contributed by atoms with Gasteiger partial charge in [0.15, 0.2) is 0 Å². The average molecular weight is 415 g/mol. The lowest BCUT2D eigenvalue weighted by molar-refractivity contribution is -0.117. The molecular formula is C22H18FN7O. The van der Waals surface area contributed by atoms with E-state index >= 15 is 0 Å². The number of halogens is 1. The maximum absolute atomic E-state index is 13.8. The van der Waals surface area contributed by atoms with Crippen LogP contribution in [0.3, 0.4) is 0 Å². The van der Waals surface area contributed by atoms with Crippen molar-refractivity contribution in [1.29, 1.82) is 5.26 Å². The van der Waals surface area contributed by atoms with Gasteiger partial charge >= 0.3 is 0 Å². The number of nitrogens with zero attached hydrogens (tertiary/aromatic N) is 6. The van der Waals surface area contributed by atoms with Crippen LogP contribution in [-0.4, -0.2) is 30.7 Å². The number of aromatic nitrogens is 5. The van der Waals surface area contributed by atoms with Crippen molar-refractivity contribution in [2.45, 2.75) is 20.4 Å². The third kappa shape index (κ3) is 3.91. The first-order valence-corrected chi connectivity index (χ1v) is 9.49. The molecule has 0 bridgehead atoms. The summed E-state index contributed by atoms with van der Waals surface area (Å²) in [5.41, 5.74) is 3.02. The highest BCUT2D eigenvalue weighted by Gasteiger charge is 2.21. The molecule has 31 heavy (non-hydrogen) atoms. The molecule has 1 amide bonds. The first-order chi connectivity index (χ1) is 15.0. The van der Waals surface area contributed by atoms with Crippen LogP contribution in [0, 0.1) is 31.0 Å². The van der Waals surface area contributed by atoms with E-state index in [9.17, 15) is 14.4 Å². The van der Waals surface area contributed by atoms with Crippen LogP contribution in [0.2, 0.25) is 0 Å². The van der Waals surface area contributed by atoms with Crippen molar-refractivity contribution in [2.75, 3.05) is 5.32 Å². The van der Waals surface area contributed by atoms with Crippen LogP contribution in [-0.2, 0) is 11.3 Å². The van der Waals surface area contributed by atoms with E-state index in [1.54, 1.807) is 23.6 Å². The molecule has 0 unspecified atom stereocenters. The summed E-state index contributed by atoms with van der Waals surface area (Å²) in [7, 11) is 0. The SMILES string of the molecule is Cc1c(C#N)c(NC(=O)Cn2nnc(-c3ccccc3)n2)n(-c2cccc(F)c2)c1C. The number of nitriles is 1. The molecule has 4 rings (SSSR count). The van der Waals surface area contributed by atoms with Crippen molar-refractivity contribution in [1.82, 2.24) is 24.8 Å². The van der Waals surface area contributed by atoms with E-state index in [4.69, 9.17) is 0 Å². The molecule has 0 aliphatic heterocycles. The van der Waals surface area contributed by atoms with Crippen LogP contribution in [0.1, 0.15) is 16.8 Å². The molecule has 2 aromatic heterocycles. The highest BCUT2D eigenvalue weighted by molar-refractivity contribution is 5.92. The van der Waals surface area contributed by atoms with Crippen molar-refractivity contribution >= 4 is 11.7 Å². The lowest BCUT2D eigenvalue weighted by atomic mass is 10.2. The Bertz CT molecular complexity index is 1300. The molecule has 2 heterocycles. The predicted molar refractivity (Wildman–Crippen MR) is 112 cm³/mol. The summed E-state index contributed by atoms with van der Waals surface area (Å²) in [5, 5.41) is 24.5. The second kappa shape index (κ2) is 8.20. The molecule has 0 fully saturated rings. The van der Waals surface area contributed by atoms with Crippen LogP contribution in [0.5, 0.6) is 0 Å². The zero-order valence-electron chi connectivity index (χ0n) is 16.9. The number of hydrogen-bond donors (Lipinski definition) is 1. The Balaban J connectivity index is 1.62. The van der Waals surface area contributed by atoms with E-state index in [0.29, 0.717) is 22.6 Å². The van der Waals surface area contributed by atoms with Gasteiger partial charge < -0.3 is 5.32 Å². The second-order valence-corrected chi connectivity index (χ2v) is 6.92. The molecule has 2 aromatic carbocycles. The monoisotopic (exact) mass is 415 g/mol. The highest BCUT2D eigenvalue weighted by Crippen LogP contribution is 2.30. The number of anilines is 1. The topological polar surface area (TPSA) is 101 Å². The van der Waals surface area contributed by atoms with Gasteiger partial charge in [0.1, 0.15) is 24.2 Å². The van der Waals surface area contributed by atoms with Gasteiger partial charge in [-0.1, -0.05) is 36.4 Å². The van der Waals surface area contributed by atoms with E-state index in [1.807, 2.05) is 37.3 Å². The lowest BCUT2D eigenvalue weighted by Gasteiger charge is -2.13. The molecule has 0 saturated carbocycles. The van der Waals surface area contributed by atoms with Crippen molar-refractivity contribution in [3.8, 4) is 23.1 Å². The fraction of sp³-hybridized carbons (Fsp3) is 0.136. The molecule has 1 N–H and O–H groups in total. The van der Waals surface area contributed by atoms with E-state index in [1.165, 1.54) is 16.9 Å². The number of carbonyl (C=O) groups excluding carboxylic acids is 1. The Morgan fingerprint density at radius 3 is 2.65 bits per heavy atom. The molecule has 0 radical (unpaired) electrons. The van der Waals surface area contributed by atoms with Gasteiger partial charge in [-0.25, -0.2) is 4.39 Å². The van der Waals surface area contributed by atoms with Crippen molar-refractivity contribution < 1.29 is 9.18 Å². The fourth-order valence-electron chi connectivity index (χ4n) is 3.31. The molecule has 154 valence electrons. The number of nitrogens with one attached hydrogen (secondary N) is 1. The van der Waals surface area contributed by atoms with Gasteiger partial charge in [0, 0.05) is 11.3 Å². The Labute approximate surface area is 177 Å². The molecule has 0 atom stereocenters. The zero-order chi connectivity index (χ0) is 22.0. The normalized spacial score (nSPS) is 10.6. The minimum Gasteiger partial charge on any atom is -0.309 e. The number of amides is 1. The number of benzene rings is 2. The second-order valence-electron chi connectivity index (χ2n) is 6.92. The number of rotatable bonds is 5. The summed E-state index contributed by atoms with van der Waals surface area (Å²) in [6.07, 6.45) is 0. The predicted octanol–water partition coefficient (Wildman–Crippen LogP) is 3.40. The number of carbonyl (C=O) groups is 1. The first-order valence-electron chi connectivity index (χ1n) is 9.49. The smallest absolute Gasteiger partial charge is 0.249 e. The van der Waals surface area contributed by atoms with Crippen LogP contribution in [0.25, 0.3) is 17.1 Å². The molecular weight excluding hydrogens is 397 g/mol. The van der Waals surface area contributed by atoms with Gasteiger partial charge in [-0.3, -0.25) is 9.36 Å². The Morgan fingerprint density at radius 2 is 1.94 bits per heavy atom. The molecule has 8 nitrogen and oxygen atoms in total. The van der Waals surface area contributed by atoms with E-state index in [2.05, 4.69) is 26.8 Å². The van der Waals surface area contributed by atoms with E-state index in [-0.39, 0.29) is 12.4 Å². The Kier molecular flexibility index (Phi) is 5.28. The molecule has 0 spiro atoms. The highest BCUT2D eigenvalue weighted by atomic mass is 19.1. The maximum atomic E-state index is 13.8. The van der Waals surface area contributed by atoms with Crippen molar-refractivity contribution in [2.24, 2.45) is 0 Å². The summed E-state index contributed by atoms with van der Waals surface area (Å²) in [4.78, 5) is 13.9. The maximum Gasteiger partial charge on any atom is 0.249 e. The third-order valence-electron chi connectivity index (χ3n) is 4.92. The summed E-state index contributed by atoms with van der Waals surface area (Å²) in [5.74, 6) is -0.180. The van der Waals surface area contributed by atoms with Crippen molar-refractivity contribution in [3.05, 3.63) is 77.2 Å². The van der Waals surface area contributed by atoms with Crippen LogP contribution in [0.4, 0.5) is 10.2 Å². The van der Waals surface area contributed by atoms with Crippen molar-refractivity contribution in [3.63, 3.8) is 0 Å². The molecule has 9 heteroatoms. The standard InChI is InChI=1S/C22H18FN7O/c1-14-15(2)30(18-10-6-9-17(23)11-18)22(19(14)12-24)25-20(31)13-29-27-21(26-28-29)16-7-4-3-5-8-16/h3-11H,13H2,1-2H3,(H,25,31).